The zero-order chi connectivity index (χ0) is 17.5. The molecule has 128 valence electrons. The molecule has 2 rings (SSSR count). The minimum atomic E-state index is -0.256. The summed E-state index contributed by atoms with van der Waals surface area (Å²) < 4.78 is 5.45. The van der Waals surface area contributed by atoms with E-state index in [-0.39, 0.29) is 29.9 Å². The Morgan fingerprint density at radius 3 is 2.71 bits per heavy atom. The van der Waals surface area contributed by atoms with Gasteiger partial charge in [-0.15, -0.1) is 0 Å². The van der Waals surface area contributed by atoms with Gasteiger partial charge in [0.2, 0.25) is 5.91 Å². The summed E-state index contributed by atoms with van der Waals surface area (Å²) in [4.78, 5) is 30.6. The number of anilines is 1. The lowest BCUT2D eigenvalue weighted by Crippen LogP contribution is -2.16. The Morgan fingerprint density at radius 1 is 1.33 bits per heavy atom. The van der Waals surface area contributed by atoms with E-state index in [0.29, 0.717) is 10.9 Å². The Hall–Kier alpha value is -2.12. The summed E-state index contributed by atoms with van der Waals surface area (Å²) in [5.41, 5.74) is 2.17. The van der Waals surface area contributed by atoms with Crippen LogP contribution in [0.3, 0.4) is 0 Å². The number of amides is 1. The zero-order valence-electron chi connectivity index (χ0n) is 14.0. The first-order valence-corrected chi connectivity index (χ1v) is 8.62. The molecule has 7 heteroatoms. The molecule has 0 atom stereocenters. The standard InChI is InChI=1S/C17H21N3O3S/c1-11(2)23-9-14-8-15(21)20-17(19-14)24-10-16(22)18-13-6-4-12(3)5-7-13/h4-8,11H,9-10H2,1-3H3,(H,18,22)(H,19,20,21). The van der Waals surface area contributed by atoms with Crippen molar-refractivity contribution in [1.29, 1.82) is 0 Å². The van der Waals surface area contributed by atoms with Crippen LogP contribution in [0.1, 0.15) is 25.1 Å². The highest BCUT2D eigenvalue weighted by Gasteiger charge is 2.08. The smallest absolute Gasteiger partial charge is 0.251 e. The number of H-pyrrole nitrogens is 1. The van der Waals surface area contributed by atoms with E-state index < -0.39 is 0 Å². The third kappa shape index (κ3) is 6.17. The van der Waals surface area contributed by atoms with E-state index >= 15 is 0 Å². The lowest BCUT2D eigenvalue weighted by molar-refractivity contribution is -0.113. The summed E-state index contributed by atoms with van der Waals surface area (Å²) in [7, 11) is 0. The molecular formula is C17H21N3O3S. The summed E-state index contributed by atoms with van der Waals surface area (Å²) in [6, 6.07) is 8.96. The molecule has 0 aliphatic rings. The molecule has 1 heterocycles. The van der Waals surface area contributed by atoms with Crippen molar-refractivity contribution in [2.24, 2.45) is 0 Å². The third-order valence-corrected chi connectivity index (χ3v) is 3.89. The highest BCUT2D eigenvalue weighted by molar-refractivity contribution is 7.99. The fraction of sp³-hybridized carbons (Fsp3) is 0.353. The summed E-state index contributed by atoms with van der Waals surface area (Å²) in [5, 5.41) is 3.21. The number of hydrogen-bond acceptors (Lipinski definition) is 5. The average molecular weight is 347 g/mol. The van der Waals surface area contributed by atoms with Gasteiger partial charge in [0, 0.05) is 11.8 Å². The highest BCUT2D eigenvalue weighted by atomic mass is 32.2. The highest BCUT2D eigenvalue weighted by Crippen LogP contribution is 2.14. The fourth-order valence-corrected chi connectivity index (χ4v) is 2.54. The summed E-state index contributed by atoms with van der Waals surface area (Å²) in [5.74, 6) is 0.000946. The van der Waals surface area contributed by atoms with Gasteiger partial charge in [0.15, 0.2) is 5.16 Å². The quantitative estimate of drug-likeness (QED) is 0.594. The largest absolute Gasteiger partial charge is 0.373 e. The van der Waals surface area contributed by atoms with Crippen molar-refractivity contribution in [3.05, 3.63) is 51.9 Å². The first-order valence-electron chi connectivity index (χ1n) is 7.63. The average Bonchev–Trinajstić information content (AvgIpc) is 2.53. The van der Waals surface area contributed by atoms with Crippen LogP contribution in [-0.2, 0) is 16.1 Å². The molecule has 0 saturated heterocycles. The molecule has 0 aliphatic heterocycles. The maximum Gasteiger partial charge on any atom is 0.251 e. The molecule has 0 fully saturated rings. The lowest BCUT2D eigenvalue weighted by Gasteiger charge is -2.08. The zero-order valence-corrected chi connectivity index (χ0v) is 14.8. The second-order valence-corrected chi connectivity index (χ2v) is 6.57. The van der Waals surface area contributed by atoms with Crippen molar-refractivity contribution in [3.63, 3.8) is 0 Å². The molecule has 1 amide bonds. The van der Waals surface area contributed by atoms with Gasteiger partial charge in [-0.1, -0.05) is 29.5 Å². The van der Waals surface area contributed by atoms with Crippen LogP contribution in [0.5, 0.6) is 0 Å². The first-order chi connectivity index (χ1) is 11.4. The van der Waals surface area contributed by atoms with Crippen molar-refractivity contribution in [2.75, 3.05) is 11.1 Å². The molecule has 0 bridgehead atoms. The number of hydrogen-bond donors (Lipinski definition) is 2. The van der Waals surface area contributed by atoms with Crippen LogP contribution < -0.4 is 10.9 Å². The SMILES string of the molecule is Cc1ccc(NC(=O)CSc2nc(COC(C)C)cc(=O)[nH]2)cc1. The van der Waals surface area contributed by atoms with Gasteiger partial charge in [-0.3, -0.25) is 9.59 Å². The third-order valence-electron chi connectivity index (χ3n) is 3.01. The van der Waals surface area contributed by atoms with Crippen molar-refractivity contribution < 1.29 is 9.53 Å². The van der Waals surface area contributed by atoms with Crippen molar-refractivity contribution >= 4 is 23.4 Å². The Labute approximate surface area is 145 Å². The van der Waals surface area contributed by atoms with Crippen LogP contribution in [0.4, 0.5) is 5.69 Å². The Bertz CT molecular complexity index is 741. The number of benzene rings is 1. The van der Waals surface area contributed by atoms with E-state index in [9.17, 15) is 9.59 Å². The van der Waals surface area contributed by atoms with Crippen LogP contribution in [0.25, 0.3) is 0 Å². The summed E-state index contributed by atoms with van der Waals surface area (Å²) in [6.45, 7) is 6.08. The minimum Gasteiger partial charge on any atom is -0.373 e. The van der Waals surface area contributed by atoms with Crippen molar-refractivity contribution in [3.8, 4) is 0 Å². The number of rotatable bonds is 7. The Kier molecular flexibility index (Phi) is 6.57. The van der Waals surface area contributed by atoms with Gasteiger partial charge >= 0.3 is 0 Å². The number of nitrogens with one attached hydrogen (secondary N) is 2. The molecule has 24 heavy (non-hydrogen) atoms. The Morgan fingerprint density at radius 2 is 2.04 bits per heavy atom. The first kappa shape index (κ1) is 18.2. The molecule has 0 spiro atoms. The molecule has 1 aromatic heterocycles. The van der Waals surface area contributed by atoms with E-state index in [1.807, 2.05) is 45.0 Å². The van der Waals surface area contributed by atoms with Gasteiger partial charge in [0.05, 0.1) is 24.2 Å². The van der Waals surface area contributed by atoms with E-state index in [1.165, 1.54) is 17.8 Å². The molecular weight excluding hydrogens is 326 g/mol. The van der Waals surface area contributed by atoms with Crippen molar-refractivity contribution in [2.45, 2.75) is 38.6 Å². The monoisotopic (exact) mass is 347 g/mol. The second kappa shape index (κ2) is 8.65. The molecule has 6 nitrogen and oxygen atoms in total. The van der Waals surface area contributed by atoms with Crippen LogP contribution in [-0.4, -0.2) is 27.7 Å². The maximum atomic E-state index is 12.0. The number of aryl methyl sites for hydroxylation is 1. The number of aromatic amines is 1. The number of carbonyl (C=O) groups is 1. The molecule has 2 N–H and O–H groups in total. The van der Waals surface area contributed by atoms with Gasteiger partial charge in [-0.25, -0.2) is 4.98 Å². The van der Waals surface area contributed by atoms with Gasteiger partial charge < -0.3 is 15.0 Å². The van der Waals surface area contributed by atoms with Gasteiger partial charge in [-0.05, 0) is 32.9 Å². The van der Waals surface area contributed by atoms with Gasteiger partial charge in [0.1, 0.15) is 0 Å². The molecule has 0 unspecified atom stereocenters. The minimum absolute atomic E-state index is 0.0578. The summed E-state index contributed by atoms with van der Waals surface area (Å²) >= 11 is 1.18. The number of aromatic nitrogens is 2. The topological polar surface area (TPSA) is 84.1 Å². The van der Waals surface area contributed by atoms with Crippen LogP contribution in [0.15, 0.2) is 40.3 Å². The molecule has 0 aliphatic carbocycles. The molecule has 1 aromatic carbocycles. The van der Waals surface area contributed by atoms with Crippen LogP contribution in [0, 0.1) is 6.92 Å². The van der Waals surface area contributed by atoms with E-state index in [2.05, 4.69) is 15.3 Å². The molecule has 2 aromatic rings. The van der Waals surface area contributed by atoms with Crippen LogP contribution >= 0.6 is 11.8 Å². The normalized spacial score (nSPS) is 10.8. The fourth-order valence-electron chi connectivity index (χ4n) is 1.85. The van der Waals surface area contributed by atoms with E-state index in [1.54, 1.807) is 0 Å². The van der Waals surface area contributed by atoms with Crippen molar-refractivity contribution in [1.82, 2.24) is 9.97 Å². The summed E-state index contributed by atoms with van der Waals surface area (Å²) in [6.07, 6.45) is 0.0578. The predicted molar refractivity (Wildman–Crippen MR) is 95.3 cm³/mol. The number of ether oxygens (including phenoxy) is 1. The second-order valence-electron chi connectivity index (χ2n) is 5.60. The number of nitrogens with zero attached hydrogens (tertiary/aromatic N) is 1. The van der Waals surface area contributed by atoms with Gasteiger partial charge in [0.25, 0.3) is 5.56 Å². The van der Waals surface area contributed by atoms with E-state index in [0.717, 1.165) is 11.3 Å². The van der Waals surface area contributed by atoms with Crippen LogP contribution in [0.2, 0.25) is 0 Å². The Balaban J connectivity index is 1.92. The van der Waals surface area contributed by atoms with Gasteiger partial charge in [-0.2, -0.15) is 0 Å². The lowest BCUT2D eigenvalue weighted by atomic mass is 10.2. The predicted octanol–water partition coefficient (Wildman–Crippen LogP) is 2.73. The maximum absolute atomic E-state index is 12.0. The molecule has 0 saturated carbocycles. The number of thioether (sulfide) groups is 1. The van der Waals surface area contributed by atoms with E-state index in [4.69, 9.17) is 4.74 Å². The molecule has 0 radical (unpaired) electrons. The number of carbonyl (C=O) groups excluding carboxylic acids is 1.